The van der Waals surface area contributed by atoms with Crippen LogP contribution in [0.1, 0.15) is 18.4 Å². The van der Waals surface area contributed by atoms with Crippen LogP contribution in [0.3, 0.4) is 0 Å². The average molecular weight is 314 g/mol. The molecule has 0 amide bonds. The molecule has 0 saturated carbocycles. The van der Waals surface area contributed by atoms with Crippen LogP contribution in [-0.2, 0) is 16.8 Å². The van der Waals surface area contributed by atoms with Crippen molar-refractivity contribution in [3.05, 3.63) is 23.9 Å². The molecule has 118 valence electrons. The summed E-state index contributed by atoms with van der Waals surface area (Å²) in [5.41, 5.74) is 6.45. The van der Waals surface area contributed by atoms with Crippen LogP contribution in [0.2, 0.25) is 0 Å². The maximum absolute atomic E-state index is 12.3. The van der Waals surface area contributed by atoms with Crippen LogP contribution >= 0.6 is 0 Å². The first-order valence-corrected chi connectivity index (χ1v) is 8.43. The van der Waals surface area contributed by atoms with E-state index in [9.17, 15) is 8.42 Å². The van der Waals surface area contributed by atoms with Crippen LogP contribution < -0.4 is 15.2 Å². The van der Waals surface area contributed by atoms with Crippen LogP contribution in [0.15, 0.2) is 18.3 Å². The van der Waals surface area contributed by atoms with Crippen molar-refractivity contribution < 1.29 is 13.2 Å². The Kier molecular flexibility index (Phi) is 5.51. The monoisotopic (exact) mass is 314 g/mol. The Hall–Kier alpha value is -1.22. The maximum Gasteiger partial charge on any atom is 0.279 e. The van der Waals surface area contributed by atoms with Gasteiger partial charge in [0.1, 0.15) is 0 Å². The van der Waals surface area contributed by atoms with E-state index in [2.05, 4.69) is 9.71 Å². The summed E-state index contributed by atoms with van der Waals surface area (Å²) in [6.07, 6.45) is 3.43. The third-order valence-corrected chi connectivity index (χ3v) is 5.14. The van der Waals surface area contributed by atoms with E-state index in [-0.39, 0.29) is 12.5 Å². The number of piperidine rings is 1. The fourth-order valence-electron chi connectivity index (χ4n) is 2.38. The smallest absolute Gasteiger partial charge is 0.279 e. The molecule has 1 aromatic heterocycles. The Labute approximate surface area is 125 Å². The van der Waals surface area contributed by atoms with Gasteiger partial charge in [0.2, 0.25) is 5.88 Å². The topological polar surface area (TPSA) is 97.5 Å². The summed E-state index contributed by atoms with van der Waals surface area (Å²) >= 11 is 0. The Balaban J connectivity index is 1.97. The molecule has 2 heterocycles. The molecule has 0 radical (unpaired) electrons. The van der Waals surface area contributed by atoms with Gasteiger partial charge in [0.05, 0.1) is 7.11 Å². The van der Waals surface area contributed by atoms with Gasteiger partial charge in [-0.3, -0.25) is 0 Å². The molecule has 21 heavy (non-hydrogen) atoms. The van der Waals surface area contributed by atoms with Crippen molar-refractivity contribution in [3.63, 3.8) is 0 Å². The van der Waals surface area contributed by atoms with Crippen LogP contribution in [0, 0.1) is 5.92 Å². The van der Waals surface area contributed by atoms with Crippen molar-refractivity contribution in [2.45, 2.75) is 19.4 Å². The predicted molar refractivity (Wildman–Crippen MR) is 79.9 cm³/mol. The predicted octanol–water partition coefficient (Wildman–Crippen LogP) is 0.0953. The number of nitrogens with two attached hydrogens (primary N) is 1. The molecular weight excluding hydrogens is 292 g/mol. The molecule has 1 unspecified atom stereocenters. The quantitative estimate of drug-likeness (QED) is 0.776. The number of ether oxygens (including phenoxy) is 1. The van der Waals surface area contributed by atoms with Crippen molar-refractivity contribution in [1.82, 2.24) is 14.0 Å². The molecule has 3 N–H and O–H groups in total. The molecule has 7 nitrogen and oxygen atoms in total. The maximum atomic E-state index is 12.3. The van der Waals surface area contributed by atoms with Gasteiger partial charge in [-0.1, -0.05) is 0 Å². The highest BCUT2D eigenvalue weighted by Gasteiger charge is 2.27. The van der Waals surface area contributed by atoms with E-state index < -0.39 is 10.2 Å². The number of pyridine rings is 1. The number of aromatic nitrogens is 1. The van der Waals surface area contributed by atoms with E-state index in [0.29, 0.717) is 25.5 Å². The van der Waals surface area contributed by atoms with Gasteiger partial charge in [-0.25, -0.2) is 4.98 Å². The van der Waals surface area contributed by atoms with E-state index in [1.807, 2.05) is 0 Å². The fraction of sp³-hybridized carbons (Fsp3) is 0.615. The lowest BCUT2D eigenvalue weighted by atomic mass is 10.0. The minimum Gasteiger partial charge on any atom is -0.481 e. The second kappa shape index (κ2) is 7.17. The summed E-state index contributed by atoms with van der Waals surface area (Å²) in [6, 6.07) is 3.46. The molecule has 1 aliphatic heterocycles. The highest BCUT2D eigenvalue weighted by molar-refractivity contribution is 7.87. The van der Waals surface area contributed by atoms with Gasteiger partial charge < -0.3 is 10.5 Å². The van der Waals surface area contributed by atoms with Crippen LogP contribution in [0.25, 0.3) is 0 Å². The standard InChI is InChI=1S/C13H22N4O3S/c1-20-13-7-11(4-5-15-13)9-16-21(18,19)17-6-2-3-12(8-14)10-17/h4-5,7,12,16H,2-3,6,8-10,14H2,1H3. The number of methoxy groups -OCH3 is 1. The van der Waals surface area contributed by atoms with Crippen molar-refractivity contribution >= 4 is 10.2 Å². The van der Waals surface area contributed by atoms with Gasteiger partial charge in [-0.15, -0.1) is 0 Å². The molecule has 1 aliphatic rings. The zero-order valence-electron chi connectivity index (χ0n) is 12.2. The summed E-state index contributed by atoms with van der Waals surface area (Å²) in [6.45, 7) is 1.77. The Bertz CT molecular complexity index is 564. The Morgan fingerprint density at radius 1 is 1.57 bits per heavy atom. The summed E-state index contributed by atoms with van der Waals surface area (Å²) < 4.78 is 33.7. The van der Waals surface area contributed by atoms with Gasteiger partial charge in [0.15, 0.2) is 0 Å². The van der Waals surface area contributed by atoms with Crippen LogP contribution in [0.4, 0.5) is 0 Å². The number of rotatable bonds is 6. The lowest BCUT2D eigenvalue weighted by Crippen LogP contribution is -2.47. The lowest BCUT2D eigenvalue weighted by Gasteiger charge is -2.31. The molecular formula is C13H22N4O3S. The normalized spacial score (nSPS) is 20.4. The largest absolute Gasteiger partial charge is 0.481 e. The number of hydrogen-bond donors (Lipinski definition) is 2. The SMILES string of the molecule is COc1cc(CNS(=O)(=O)N2CCCC(CN)C2)ccn1. The van der Waals surface area contributed by atoms with E-state index in [4.69, 9.17) is 10.5 Å². The van der Waals surface area contributed by atoms with Crippen molar-refractivity contribution in [2.75, 3.05) is 26.7 Å². The molecule has 0 aliphatic carbocycles. The zero-order chi connectivity index (χ0) is 15.3. The third kappa shape index (κ3) is 4.37. The highest BCUT2D eigenvalue weighted by atomic mass is 32.2. The second-order valence-electron chi connectivity index (χ2n) is 5.13. The number of nitrogens with one attached hydrogen (secondary N) is 1. The first kappa shape index (κ1) is 16.2. The molecule has 0 aromatic carbocycles. The van der Waals surface area contributed by atoms with E-state index in [1.165, 1.54) is 11.4 Å². The molecule has 0 bridgehead atoms. The highest BCUT2D eigenvalue weighted by Crippen LogP contribution is 2.18. The van der Waals surface area contributed by atoms with Crippen molar-refractivity contribution in [2.24, 2.45) is 11.7 Å². The summed E-state index contributed by atoms with van der Waals surface area (Å²) in [7, 11) is -1.95. The van der Waals surface area contributed by atoms with Crippen molar-refractivity contribution in [1.29, 1.82) is 0 Å². The minimum absolute atomic E-state index is 0.213. The zero-order valence-corrected chi connectivity index (χ0v) is 13.0. The molecule has 1 fully saturated rings. The van der Waals surface area contributed by atoms with Gasteiger partial charge in [0, 0.05) is 31.9 Å². The summed E-state index contributed by atoms with van der Waals surface area (Å²) in [5.74, 6) is 0.712. The second-order valence-corrected chi connectivity index (χ2v) is 6.89. The molecule has 0 spiro atoms. The van der Waals surface area contributed by atoms with Crippen LogP contribution in [0.5, 0.6) is 5.88 Å². The lowest BCUT2D eigenvalue weighted by molar-refractivity contribution is 0.268. The summed E-state index contributed by atoms with van der Waals surface area (Å²) in [5, 5.41) is 0. The number of hydrogen-bond acceptors (Lipinski definition) is 5. The molecule has 2 rings (SSSR count). The van der Waals surface area contributed by atoms with Gasteiger partial charge in [-0.05, 0) is 36.9 Å². The average Bonchev–Trinajstić information content (AvgIpc) is 2.53. The molecule has 1 aromatic rings. The summed E-state index contributed by atoms with van der Waals surface area (Å²) in [4.78, 5) is 3.99. The Morgan fingerprint density at radius 2 is 2.38 bits per heavy atom. The first-order chi connectivity index (χ1) is 10.0. The minimum atomic E-state index is -3.48. The van der Waals surface area contributed by atoms with Gasteiger partial charge in [-0.2, -0.15) is 17.4 Å². The molecule has 1 saturated heterocycles. The number of nitrogens with zero attached hydrogens (tertiary/aromatic N) is 2. The van der Waals surface area contributed by atoms with Crippen LogP contribution in [-0.4, -0.2) is 44.5 Å². The van der Waals surface area contributed by atoms with Crippen molar-refractivity contribution in [3.8, 4) is 5.88 Å². The van der Waals surface area contributed by atoms with E-state index >= 15 is 0 Å². The molecule has 8 heteroatoms. The fourth-order valence-corrected chi connectivity index (χ4v) is 3.68. The van der Waals surface area contributed by atoms with Gasteiger partial charge >= 0.3 is 0 Å². The van der Waals surface area contributed by atoms with E-state index in [0.717, 1.165) is 18.4 Å². The first-order valence-electron chi connectivity index (χ1n) is 6.99. The third-order valence-electron chi connectivity index (χ3n) is 3.62. The van der Waals surface area contributed by atoms with Gasteiger partial charge in [0.25, 0.3) is 10.2 Å². The Morgan fingerprint density at radius 3 is 3.10 bits per heavy atom. The molecule has 1 atom stereocenters. The van der Waals surface area contributed by atoms with E-state index in [1.54, 1.807) is 18.3 Å².